The zero-order valence-corrected chi connectivity index (χ0v) is 13.6. The molecule has 1 saturated heterocycles. The first-order valence-corrected chi connectivity index (χ1v) is 9.34. The second-order valence-electron chi connectivity index (χ2n) is 6.32. The van der Waals surface area contributed by atoms with Crippen LogP contribution in [0.15, 0.2) is 10.9 Å². The van der Waals surface area contributed by atoms with E-state index in [-0.39, 0.29) is 28.7 Å². The van der Waals surface area contributed by atoms with Gasteiger partial charge < -0.3 is 9.88 Å². The minimum Gasteiger partial charge on any atom is -0.348 e. The summed E-state index contributed by atoms with van der Waals surface area (Å²) >= 11 is 0. The molecule has 0 spiro atoms. The van der Waals surface area contributed by atoms with Crippen LogP contribution >= 0.6 is 0 Å². The van der Waals surface area contributed by atoms with Crippen LogP contribution in [0.2, 0.25) is 0 Å². The van der Waals surface area contributed by atoms with Crippen LogP contribution in [0, 0.1) is 13.8 Å². The molecule has 7 heteroatoms. The standard InChI is InChI=1S/C15H20N2O4S/c1-9-7-10(2)17(12-3-4-12)15(19)13(9)14(18)16-11-5-6-22(20,21)8-11/h7,11-12H,3-6,8H2,1-2H3,(H,16,18). The van der Waals surface area contributed by atoms with Gasteiger partial charge in [-0.05, 0) is 44.7 Å². The normalized spacial score (nSPS) is 23.5. The number of aromatic nitrogens is 1. The van der Waals surface area contributed by atoms with Gasteiger partial charge in [-0.1, -0.05) is 0 Å². The predicted molar refractivity (Wildman–Crippen MR) is 83.0 cm³/mol. The highest BCUT2D eigenvalue weighted by atomic mass is 32.2. The van der Waals surface area contributed by atoms with E-state index < -0.39 is 21.8 Å². The molecule has 2 fully saturated rings. The topological polar surface area (TPSA) is 85.2 Å². The highest BCUT2D eigenvalue weighted by Crippen LogP contribution is 2.34. The summed E-state index contributed by atoms with van der Waals surface area (Å²) < 4.78 is 24.6. The summed E-state index contributed by atoms with van der Waals surface area (Å²) in [6.07, 6.45) is 2.34. The molecule has 0 aromatic carbocycles. The number of hydrogen-bond acceptors (Lipinski definition) is 4. The van der Waals surface area contributed by atoms with Gasteiger partial charge in [0.1, 0.15) is 5.56 Å². The number of pyridine rings is 1. The maximum Gasteiger partial charge on any atom is 0.264 e. The Morgan fingerprint density at radius 2 is 1.95 bits per heavy atom. The summed E-state index contributed by atoms with van der Waals surface area (Å²) in [4.78, 5) is 25.1. The largest absolute Gasteiger partial charge is 0.348 e. The summed E-state index contributed by atoms with van der Waals surface area (Å²) in [6.45, 7) is 3.61. The number of amides is 1. The predicted octanol–water partition coefficient (Wildman–Crippen LogP) is 0.717. The van der Waals surface area contributed by atoms with Crippen molar-refractivity contribution in [3.05, 3.63) is 33.2 Å². The molecule has 1 unspecified atom stereocenters. The van der Waals surface area contributed by atoms with Gasteiger partial charge >= 0.3 is 0 Å². The van der Waals surface area contributed by atoms with Crippen molar-refractivity contribution in [1.82, 2.24) is 9.88 Å². The molecule has 0 bridgehead atoms. The first kappa shape index (κ1) is 15.3. The molecule has 120 valence electrons. The summed E-state index contributed by atoms with van der Waals surface area (Å²) in [5, 5.41) is 2.71. The molecule has 1 aromatic heterocycles. The lowest BCUT2D eigenvalue weighted by atomic mass is 10.1. The van der Waals surface area contributed by atoms with Crippen LogP contribution in [-0.2, 0) is 9.84 Å². The van der Waals surface area contributed by atoms with Crippen molar-refractivity contribution in [3.8, 4) is 0 Å². The lowest BCUT2D eigenvalue weighted by molar-refractivity contribution is 0.0938. The van der Waals surface area contributed by atoms with E-state index in [1.54, 1.807) is 11.5 Å². The molecular weight excluding hydrogens is 304 g/mol. The van der Waals surface area contributed by atoms with Crippen molar-refractivity contribution in [2.45, 2.75) is 45.2 Å². The highest BCUT2D eigenvalue weighted by Gasteiger charge is 2.32. The number of hydrogen-bond donors (Lipinski definition) is 1. The number of rotatable bonds is 3. The number of carbonyl (C=O) groups excluding carboxylic acids is 1. The summed E-state index contributed by atoms with van der Waals surface area (Å²) in [7, 11) is -3.06. The highest BCUT2D eigenvalue weighted by molar-refractivity contribution is 7.91. The molecule has 1 aromatic rings. The number of nitrogens with zero attached hydrogens (tertiary/aromatic N) is 1. The zero-order chi connectivity index (χ0) is 16.1. The van der Waals surface area contributed by atoms with Gasteiger partial charge in [0.05, 0.1) is 11.5 Å². The molecule has 22 heavy (non-hydrogen) atoms. The van der Waals surface area contributed by atoms with Gasteiger partial charge in [0.2, 0.25) is 0 Å². The van der Waals surface area contributed by atoms with Crippen LogP contribution in [0.3, 0.4) is 0 Å². The van der Waals surface area contributed by atoms with E-state index in [4.69, 9.17) is 0 Å². The van der Waals surface area contributed by atoms with Crippen molar-refractivity contribution in [2.24, 2.45) is 0 Å². The van der Waals surface area contributed by atoms with Gasteiger partial charge in [0.25, 0.3) is 11.5 Å². The number of nitrogens with one attached hydrogen (secondary N) is 1. The number of sulfone groups is 1. The van der Waals surface area contributed by atoms with Crippen LogP contribution in [0.1, 0.15) is 46.9 Å². The average Bonchev–Trinajstić information content (AvgIpc) is 3.14. The Balaban J connectivity index is 1.89. The van der Waals surface area contributed by atoms with Crippen molar-refractivity contribution in [3.63, 3.8) is 0 Å². The summed E-state index contributed by atoms with van der Waals surface area (Å²) in [5.41, 5.74) is 1.38. The Hall–Kier alpha value is -1.63. The van der Waals surface area contributed by atoms with E-state index in [1.807, 2.05) is 13.0 Å². The molecule has 1 aliphatic carbocycles. The van der Waals surface area contributed by atoms with E-state index in [2.05, 4.69) is 5.32 Å². The molecule has 2 heterocycles. The second kappa shape index (κ2) is 5.22. The molecule has 3 rings (SSSR count). The summed E-state index contributed by atoms with van der Waals surface area (Å²) in [5.74, 6) is -0.406. The summed E-state index contributed by atoms with van der Waals surface area (Å²) in [6, 6.07) is 1.65. The van der Waals surface area contributed by atoms with Crippen LogP contribution in [0.25, 0.3) is 0 Å². The van der Waals surface area contributed by atoms with Gasteiger partial charge in [0, 0.05) is 17.8 Å². The molecule has 0 radical (unpaired) electrons. The SMILES string of the molecule is Cc1cc(C)n(C2CC2)c(=O)c1C(=O)NC1CCS(=O)(=O)C1. The van der Waals surface area contributed by atoms with Gasteiger partial charge in [-0.15, -0.1) is 0 Å². The fourth-order valence-corrected chi connectivity index (χ4v) is 4.81. The van der Waals surface area contributed by atoms with E-state index in [0.29, 0.717) is 12.0 Å². The maximum absolute atomic E-state index is 12.6. The monoisotopic (exact) mass is 324 g/mol. The van der Waals surface area contributed by atoms with E-state index >= 15 is 0 Å². The van der Waals surface area contributed by atoms with Crippen molar-refractivity contribution >= 4 is 15.7 Å². The lowest BCUT2D eigenvalue weighted by Crippen LogP contribution is -2.40. The molecule has 1 saturated carbocycles. The van der Waals surface area contributed by atoms with Gasteiger partial charge in [0.15, 0.2) is 9.84 Å². The Morgan fingerprint density at radius 3 is 2.50 bits per heavy atom. The molecule has 6 nitrogen and oxygen atoms in total. The average molecular weight is 324 g/mol. The Bertz CT molecular complexity index is 790. The van der Waals surface area contributed by atoms with E-state index in [0.717, 1.165) is 18.5 Å². The third kappa shape index (κ3) is 2.82. The fraction of sp³-hybridized carbons (Fsp3) is 0.600. The molecule has 2 aliphatic rings. The van der Waals surface area contributed by atoms with Crippen LogP contribution < -0.4 is 10.9 Å². The van der Waals surface area contributed by atoms with Gasteiger partial charge in [-0.25, -0.2) is 8.42 Å². The quantitative estimate of drug-likeness (QED) is 0.887. The van der Waals surface area contributed by atoms with Crippen molar-refractivity contribution < 1.29 is 13.2 Å². The Labute approximate surface area is 129 Å². The molecular formula is C15H20N2O4S. The minimum absolute atomic E-state index is 0.0412. The smallest absolute Gasteiger partial charge is 0.264 e. The van der Waals surface area contributed by atoms with Crippen LogP contribution in [-0.4, -0.2) is 36.4 Å². The lowest BCUT2D eigenvalue weighted by Gasteiger charge is -2.15. The number of aryl methyl sites for hydroxylation is 2. The maximum atomic E-state index is 12.6. The van der Waals surface area contributed by atoms with Crippen LogP contribution in [0.5, 0.6) is 0 Å². The zero-order valence-electron chi connectivity index (χ0n) is 12.8. The van der Waals surface area contributed by atoms with Gasteiger partial charge in [-0.2, -0.15) is 0 Å². The second-order valence-corrected chi connectivity index (χ2v) is 8.55. The fourth-order valence-electron chi connectivity index (χ4n) is 3.13. The minimum atomic E-state index is -3.06. The third-order valence-electron chi connectivity index (χ3n) is 4.34. The first-order chi connectivity index (χ1) is 10.3. The van der Waals surface area contributed by atoms with Gasteiger partial charge in [-0.3, -0.25) is 9.59 Å². The molecule has 1 atom stereocenters. The van der Waals surface area contributed by atoms with Crippen LogP contribution in [0.4, 0.5) is 0 Å². The van der Waals surface area contributed by atoms with E-state index in [1.165, 1.54) is 0 Å². The molecule has 1 aliphatic heterocycles. The Kier molecular flexibility index (Phi) is 3.63. The van der Waals surface area contributed by atoms with Crippen molar-refractivity contribution in [1.29, 1.82) is 0 Å². The third-order valence-corrected chi connectivity index (χ3v) is 6.11. The number of carbonyl (C=O) groups is 1. The molecule has 1 amide bonds. The first-order valence-electron chi connectivity index (χ1n) is 7.52. The van der Waals surface area contributed by atoms with E-state index in [9.17, 15) is 18.0 Å². The Morgan fingerprint density at radius 1 is 1.27 bits per heavy atom. The van der Waals surface area contributed by atoms with Crippen molar-refractivity contribution in [2.75, 3.05) is 11.5 Å². The molecule has 1 N–H and O–H groups in total.